The van der Waals surface area contributed by atoms with Crippen LogP contribution in [0.15, 0.2) is 18.2 Å². The third-order valence-corrected chi connectivity index (χ3v) is 6.28. The lowest BCUT2D eigenvalue weighted by atomic mass is 10.2. The van der Waals surface area contributed by atoms with Crippen molar-refractivity contribution in [1.82, 2.24) is 0 Å². The van der Waals surface area contributed by atoms with Crippen molar-refractivity contribution in [1.29, 1.82) is 0 Å². The number of rotatable bonds is 4. The second-order valence-electron chi connectivity index (χ2n) is 4.44. The van der Waals surface area contributed by atoms with Crippen LogP contribution in [0.1, 0.15) is 12.8 Å². The lowest BCUT2D eigenvalue weighted by Crippen LogP contribution is -2.25. The van der Waals surface area contributed by atoms with E-state index in [0.29, 0.717) is 28.6 Å². The molecule has 6 nitrogen and oxygen atoms in total. The largest absolute Gasteiger partial charge is 0.384 e. The Labute approximate surface area is 124 Å². The molecule has 0 spiro atoms. The summed E-state index contributed by atoms with van der Waals surface area (Å²) in [5, 5.41) is 13.4. The monoisotopic (exact) mass is 396 g/mol. The van der Waals surface area contributed by atoms with E-state index in [1.807, 2.05) is 22.6 Å². The summed E-state index contributed by atoms with van der Waals surface area (Å²) in [5.74, 6) is 0.261. The first-order chi connectivity index (χ1) is 8.90. The second kappa shape index (κ2) is 5.61. The van der Waals surface area contributed by atoms with Crippen molar-refractivity contribution in [3.05, 3.63) is 31.9 Å². The second-order valence-corrected chi connectivity index (χ2v) is 8.00. The summed E-state index contributed by atoms with van der Waals surface area (Å²) in [6.45, 7) is 0.357. The van der Waals surface area contributed by atoms with Gasteiger partial charge in [-0.3, -0.25) is 10.1 Å². The van der Waals surface area contributed by atoms with Crippen molar-refractivity contribution in [3.63, 3.8) is 0 Å². The highest BCUT2D eigenvalue weighted by atomic mass is 127. The molecule has 0 bridgehead atoms. The van der Waals surface area contributed by atoms with Crippen molar-refractivity contribution in [2.45, 2.75) is 18.1 Å². The molecule has 0 aromatic heterocycles. The van der Waals surface area contributed by atoms with Gasteiger partial charge in [0.25, 0.3) is 5.69 Å². The molecule has 104 valence electrons. The van der Waals surface area contributed by atoms with Gasteiger partial charge in [-0.1, -0.05) is 0 Å². The summed E-state index contributed by atoms with van der Waals surface area (Å²) in [6.07, 6.45) is 1.39. The van der Waals surface area contributed by atoms with Gasteiger partial charge < -0.3 is 5.32 Å². The van der Waals surface area contributed by atoms with E-state index in [1.54, 1.807) is 12.1 Å². The minimum Gasteiger partial charge on any atom is -0.384 e. The Kier molecular flexibility index (Phi) is 4.29. The summed E-state index contributed by atoms with van der Waals surface area (Å²) in [7, 11) is -2.96. The quantitative estimate of drug-likeness (QED) is 0.479. The number of anilines is 1. The molecule has 1 aliphatic rings. The van der Waals surface area contributed by atoms with E-state index in [9.17, 15) is 18.5 Å². The van der Waals surface area contributed by atoms with Gasteiger partial charge in [0.05, 0.1) is 19.5 Å². The molecule has 1 unspecified atom stereocenters. The maximum Gasteiger partial charge on any atom is 0.282 e. The zero-order valence-electron chi connectivity index (χ0n) is 10.0. The molecule has 1 N–H and O–H groups in total. The molecule has 8 heteroatoms. The van der Waals surface area contributed by atoms with Crippen LogP contribution in [0.3, 0.4) is 0 Å². The van der Waals surface area contributed by atoms with Gasteiger partial charge in [-0.15, -0.1) is 0 Å². The van der Waals surface area contributed by atoms with E-state index in [0.717, 1.165) is 0 Å². The number of sulfone groups is 1. The van der Waals surface area contributed by atoms with Crippen LogP contribution in [-0.4, -0.2) is 30.9 Å². The van der Waals surface area contributed by atoms with Crippen molar-refractivity contribution >= 4 is 43.8 Å². The van der Waals surface area contributed by atoms with Gasteiger partial charge in [0.2, 0.25) is 0 Å². The number of halogens is 1. The Bertz CT molecular complexity index is 603. The minimum absolute atomic E-state index is 0.0552. The van der Waals surface area contributed by atoms with Gasteiger partial charge in [-0.05, 0) is 47.6 Å². The van der Waals surface area contributed by atoms with Gasteiger partial charge in [-0.25, -0.2) is 8.42 Å². The van der Waals surface area contributed by atoms with E-state index in [1.165, 1.54) is 6.07 Å². The van der Waals surface area contributed by atoms with Crippen LogP contribution in [0, 0.1) is 13.7 Å². The first-order valence-corrected chi connectivity index (χ1v) is 8.59. The molecule has 1 saturated heterocycles. The van der Waals surface area contributed by atoms with Crippen LogP contribution in [0.5, 0.6) is 0 Å². The molecule has 2 rings (SSSR count). The molecule has 1 atom stereocenters. The number of nitro groups is 1. The van der Waals surface area contributed by atoms with Crippen molar-refractivity contribution in [3.8, 4) is 0 Å². The van der Waals surface area contributed by atoms with Crippen LogP contribution in [0.25, 0.3) is 0 Å². The normalized spacial score (nSPS) is 21.2. The molecule has 19 heavy (non-hydrogen) atoms. The van der Waals surface area contributed by atoms with Gasteiger partial charge in [0, 0.05) is 18.3 Å². The molecule has 0 radical (unpaired) electrons. The summed E-state index contributed by atoms with van der Waals surface area (Å²) in [5.41, 5.74) is 0.761. The van der Waals surface area contributed by atoms with E-state index in [-0.39, 0.29) is 16.7 Å². The zero-order valence-corrected chi connectivity index (χ0v) is 13.0. The SMILES string of the molecule is O=[N+]([O-])c1ccc(NCC2CCCS2(=O)=O)cc1I. The molecule has 1 fully saturated rings. The Morgan fingerprint density at radius 1 is 1.47 bits per heavy atom. The summed E-state index contributed by atoms with van der Waals surface area (Å²) < 4.78 is 23.9. The van der Waals surface area contributed by atoms with Crippen LogP contribution in [0.2, 0.25) is 0 Å². The molecule has 1 aromatic carbocycles. The highest BCUT2D eigenvalue weighted by molar-refractivity contribution is 14.1. The predicted molar refractivity (Wildman–Crippen MR) is 81.1 cm³/mol. The molecule has 0 saturated carbocycles. The lowest BCUT2D eigenvalue weighted by Gasteiger charge is -2.12. The maximum atomic E-state index is 11.7. The fourth-order valence-corrected chi connectivity index (χ4v) is 4.56. The fourth-order valence-electron chi connectivity index (χ4n) is 2.08. The molecule has 1 heterocycles. The third-order valence-electron chi connectivity index (χ3n) is 3.14. The van der Waals surface area contributed by atoms with Gasteiger partial charge in [0.1, 0.15) is 0 Å². The topological polar surface area (TPSA) is 89.3 Å². The molecular weight excluding hydrogens is 383 g/mol. The van der Waals surface area contributed by atoms with E-state index in [2.05, 4.69) is 5.32 Å². The van der Waals surface area contributed by atoms with Crippen LogP contribution in [-0.2, 0) is 9.84 Å². The number of benzene rings is 1. The number of hydrogen-bond donors (Lipinski definition) is 1. The first-order valence-electron chi connectivity index (χ1n) is 5.79. The molecule has 1 aromatic rings. The van der Waals surface area contributed by atoms with Crippen molar-refractivity contribution < 1.29 is 13.3 Å². The Morgan fingerprint density at radius 2 is 2.21 bits per heavy atom. The van der Waals surface area contributed by atoms with Crippen LogP contribution >= 0.6 is 22.6 Å². The van der Waals surface area contributed by atoms with E-state index < -0.39 is 14.8 Å². The van der Waals surface area contributed by atoms with Gasteiger partial charge >= 0.3 is 0 Å². The third kappa shape index (κ3) is 3.35. The predicted octanol–water partition coefficient (Wildman–Crippen LogP) is 2.19. The number of nitrogens with zero attached hydrogens (tertiary/aromatic N) is 1. The van der Waals surface area contributed by atoms with Crippen LogP contribution < -0.4 is 5.32 Å². The highest BCUT2D eigenvalue weighted by Gasteiger charge is 2.30. The Hall–Kier alpha value is -0.900. The number of nitrogens with one attached hydrogen (secondary N) is 1. The van der Waals surface area contributed by atoms with Crippen molar-refractivity contribution in [2.75, 3.05) is 17.6 Å². The standard InChI is InChI=1S/C11H13IN2O4S/c12-10-6-8(3-4-11(10)14(15)16)13-7-9-2-1-5-19(9,17)18/h3-4,6,9,13H,1-2,5,7H2. The van der Waals surface area contributed by atoms with E-state index >= 15 is 0 Å². The first kappa shape index (κ1) is 14.5. The van der Waals surface area contributed by atoms with Crippen molar-refractivity contribution in [2.24, 2.45) is 0 Å². The highest BCUT2D eigenvalue weighted by Crippen LogP contribution is 2.25. The number of nitro benzene ring substituents is 1. The average Bonchev–Trinajstić information content (AvgIpc) is 2.65. The Balaban J connectivity index is 2.05. The average molecular weight is 396 g/mol. The van der Waals surface area contributed by atoms with Crippen LogP contribution in [0.4, 0.5) is 11.4 Å². The van der Waals surface area contributed by atoms with E-state index in [4.69, 9.17) is 0 Å². The summed E-state index contributed by atoms with van der Waals surface area (Å²) in [4.78, 5) is 10.2. The smallest absolute Gasteiger partial charge is 0.282 e. The Morgan fingerprint density at radius 3 is 2.74 bits per heavy atom. The fraction of sp³-hybridized carbons (Fsp3) is 0.455. The molecule has 1 aliphatic heterocycles. The summed E-state index contributed by atoms with van der Waals surface area (Å²) in [6, 6.07) is 4.68. The number of hydrogen-bond acceptors (Lipinski definition) is 5. The summed E-state index contributed by atoms with van der Waals surface area (Å²) >= 11 is 1.90. The molecule has 0 aliphatic carbocycles. The molecular formula is C11H13IN2O4S. The minimum atomic E-state index is -2.96. The van der Waals surface area contributed by atoms with Gasteiger partial charge in [-0.2, -0.15) is 0 Å². The zero-order chi connectivity index (χ0) is 14.0. The molecule has 0 amide bonds. The van der Waals surface area contributed by atoms with Gasteiger partial charge in [0.15, 0.2) is 9.84 Å². The maximum absolute atomic E-state index is 11.7. The lowest BCUT2D eigenvalue weighted by molar-refractivity contribution is -0.385.